The van der Waals surface area contributed by atoms with Gasteiger partial charge in [-0.15, -0.1) is 10.2 Å². The molecule has 1 fully saturated rings. The van der Waals surface area contributed by atoms with Crippen molar-refractivity contribution in [1.82, 2.24) is 30.1 Å². The van der Waals surface area contributed by atoms with Crippen molar-refractivity contribution in [3.63, 3.8) is 0 Å². The molecule has 0 radical (unpaired) electrons. The average Bonchev–Trinajstić information content (AvgIpc) is 3.27. The summed E-state index contributed by atoms with van der Waals surface area (Å²) in [5.41, 5.74) is 2.06. The van der Waals surface area contributed by atoms with Crippen LogP contribution in [0.3, 0.4) is 0 Å². The Morgan fingerprint density at radius 1 is 1.12 bits per heavy atom. The Morgan fingerprint density at radius 3 is 2.69 bits per heavy atom. The zero-order chi connectivity index (χ0) is 22.2. The monoisotopic (exact) mass is 437 g/mol. The van der Waals surface area contributed by atoms with Crippen LogP contribution in [0, 0.1) is 0 Å². The Morgan fingerprint density at radius 2 is 1.94 bits per heavy atom. The predicted molar refractivity (Wildman–Crippen MR) is 124 cm³/mol. The number of benzene rings is 1. The van der Waals surface area contributed by atoms with E-state index >= 15 is 0 Å². The van der Waals surface area contributed by atoms with Gasteiger partial charge in [-0.25, -0.2) is 4.99 Å². The molecule has 0 spiro atoms. The molecule has 2 N–H and O–H groups in total. The molecule has 1 aliphatic heterocycles. The fourth-order valence-electron chi connectivity index (χ4n) is 3.86. The zero-order valence-electron chi connectivity index (χ0n) is 18.7. The van der Waals surface area contributed by atoms with Crippen molar-refractivity contribution in [2.45, 2.75) is 19.5 Å². The van der Waals surface area contributed by atoms with Crippen molar-refractivity contribution in [1.29, 1.82) is 0 Å². The van der Waals surface area contributed by atoms with E-state index in [9.17, 15) is 0 Å². The Hall–Kier alpha value is -3.17. The highest BCUT2D eigenvalue weighted by Crippen LogP contribution is 2.23. The molecular formula is C23H31N7O2. The number of aromatic nitrogens is 3. The summed E-state index contributed by atoms with van der Waals surface area (Å²) in [4.78, 5) is 7.20. The molecule has 0 saturated carbocycles. The van der Waals surface area contributed by atoms with Crippen LogP contribution in [0.5, 0.6) is 5.75 Å². The van der Waals surface area contributed by atoms with Crippen molar-refractivity contribution < 1.29 is 9.47 Å². The molecule has 0 aliphatic carbocycles. The van der Waals surface area contributed by atoms with E-state index in [2.05, 4.69) is 44.8 Å². The maximum absolute atomic E-state index is 5.57. The molecular weight excluding hydrogens is 406 g/mol. The van der Waals surface area contributed by atoms with Crippen LogP contribution in [-0.2, 0) is 11.3 Å². The Kier molecular flexibility index (Phi) is 7.52. The Bertz CT molecular complexity index is 1010. The molecule has 1 atom stereocenters. The van der Waals surface area contributed by atoms with Crippen LogP contribution >= 0.6 is 0 Å². The summed E-state index contributed by atoms with van der Waals surface area (Å²) in [5, 5.41) is 15.3. The van der Waals surface area contributed by atoms with Crippen molar-refractivity contribution >= 4 is 11.6 Å². The molecule has 4 rings (SSSR count). The maximum Gasteiger partial charge on any atom is 0.191 e. The second-order valence-electron chi connectivity index (χ2n) is 7.56. The van der Waals surface area contributed by atoms with Crippen LogP contribution in [0.25, 0.3) is 5.65 Å². The second kappa shape index (κ2) is 10.9. The van der Waals surface area contributed by atoms with E-state index in [0.29, 0.717) is 6.54 Å². The highest BCUT2D eigenvalue weighted by Gasteiger charge is 2.23. The molecule has 32 heavy (non-hydrogen) atoms. The SMILES string of the molecule is CCNC(=NCc1nnc2ccccn12)NCC(c1ccc(OC)cc1)N1CCOCC1. The van der Waals surface area contributed by atoms with E-state index in [0.717, 1.165) is 62.6 Å². The number of rotatable bonds is 8. The number of morpholine rings is 1. The summed E-state index contributed by atoms with van der Waals surface area (Å²) in [5.74, 6) is 2.42. The summed E-state index contributed by atoms with van der Waals surface area (Å²) >= 11 is 0. The van der Waals surface area contributed by atoms with Crippen molar-refractivity contribution in [3.8, 4) is 5.75 Å². The molecule has 170 valence electrons. The number of hydrogen-bond donors (Lipinski definition) is 2. The highest BCUT2D eigenvalue weighted by atomic mass is 16.5. The number of guanidine groups is 1. The molecule has 1 aromatic carbocycles. The molecule has 1 saturated heterocycles. The number of ether oxygens (including phenoxy) is 2. The van der Waals surface area contributed by atoms with Gasteiger partial charge in [0.15, 0.2) is 17.4 Å². The smallest absolute Gasteiger partial charge is 0.191 e. The lowest BCUT2D eigenvalue weighted by Gasteiger charge is -2.35. The maximum atomic E-state index is 5.57. The summed E-state index contributed by atoms with van der Waals surface area (Å²) in [6, 6.07) is 14.3. The van der Waals surface area contributed by atoms with Crippen LogP contribution in [-0.4, -0.2) is 72.0 Å². The zero-order valence-corrected chi connectivity index (χ0v) is 18.7. The Labute approximate surface area is 188 Å². The third kappa shape index (κ3) is 5.35. The second-order valence-corrected chi connectivity index (χ2v) is 7.56. The van der Waals surface area contributed by atoms with E-state index in [1.807, 2.05) is 40.9 Å². The lowest BCUT2D eigenvalue weighted by atomic mass is 10.0. The normalized spacial score (nSPS) is 16.1. The molecule has 0 bridgehead atoms. The van der Waals surface area contributed by atoms with Gasteiger partial charge in [-0.2, -0.15) is 0 Å². The topological polar surface area (TPSA) is 88.3 Å². The first-order valence-electron chi connectivity index (χ1n) is 11.0. The van der Waals surface area contributed by atoms with E-state index < -0.39 is 0 Å². The minimum absolute atomic E-state index is 0.197. The lowest BCUT2D eigenvalue weighted by Crippen LogP contribution is -2.46. The van der Waals surface area contributed by atoms with E-state index in [1.165, 1.54) is 5.56 Å². The summed E-state index contributed by atoms with van der Waals surface area (Å²) in [7, 11) is 1.69. The van der Waals surface area contributed by atoms with Crippen molar-refractivity contribution in [3.05, 3.63) is 60.0 Å². The molecule has 1 aliphatic rings. The number of pyridine rings is 1. The van der Waals surface area contributed by atoms with Gasteiger partial charge in [0.2, 0.25) is 0 Å². The summed E-state index contributed by atoms with van der Waals surface area (Å²) in [6.07, 6.45) is 1.96. The minimum atomic E-state index is 0.197. The van der Waals surface area contributed by atoms with E-state index in [4.69, 9.17) is 14.5 Å². The highest BCUT2D eigenvalue weighted by molar-refractivity contribution is 5.79. The fraction of sp³-hybridized carbons (Fsp3) is 0.435. The number of aliphatic imine (C=N–C) groups is 1. The predicted octanol–water partition coefficient (Wildman–Crippen LogP) is 1.87. The molecule has 9 nitrogen and oxygen atoms in total. The molecule has 9 heteroatoms. The van der Waals surface area contributed by atoms with Crippen LogP contribution < -0.4 is 15.4 Å². The number of hydrogen-bond acceptors (Lipinski definition) is 6. The Balaban J connectivity index is 1.48. The van der Waals surface area contributed by atoms with Gasteiger partial charge in [0.1, 0.15) is 12.3 Å². The quantitative estimate of drug-likeness (QED) is 0.411. The van der Waals surface area contributed by atoms with Crippen molar-refractivity contribution in [2.75, 3.05) is 46.5 Å². The van der Waals surface area contributed by atoms with Gasteiger partial charge >= 0.3 is 0 Å². The fourth-order valence-corrected chi connectivity index (χ4v) is 3.86. The van der Waals surface area contributed by atoms with Gasteiger partial charge in [-0.3, -0.25) is 9.30 Å². The van der Waals surface area contributed by atoms with Gasteiger partial charge in [0.25, 0.3) is 0 Å². The third-order valence-electron chi connectivity index (χ3n) is 5.56. The first-order chi connectivity index (χ1) is 15.8. The van der Waals surface area contributed by atoms with Gasteiger partial charge in [0, 0.05) is 32.4 Å². The summed E-state index contributed by atoms with van der Waals surface area (Å²) in [6.45, 7) is 7.30. The van der Waals surface area contributed by atoms with E-state index in [1.54, 1.807) is 7.11 Å². The van der Waals surface area contributed by atoms with Crippen LogP contribution in [0.1, 0.15) is 24.4 Å². The number of methoxy groups -OCH3 is 1. The van der Waals surface area contributed by atoms with E-state index in [-0.39, 0.29) is 6.04 Å². The average molecular weight is 438 g/mol. The van der Waals surface area contributed by atoms with Gasteiger partial charge in [-0.05, 0) is 36.8 Å². The first-order valence-corrected chi connectivity index (χ1v) is 11.0. The van der Waals surface area contributed by atoms with Crippen LogP contribution in [0.15, 0.2) is 53.7 Å². The molecule has 1 unspecified atom stereocenters. The van der Waals surface area contributed by atoms with Crippen LogP contribution in [0.4, 0.5) is 0 Å². The summed E-state index contributed by atoms with van der Waals surface area (Å²) < 4.78 is 12.9. The molecule has 3 aromatic rings. The van der Waals surface area contributed by atoms with Crippen molar-refractivity contribution in [2.24, 2.45) is 4.99 Å². The third-order valence-corrected chi connectivity index (χ3v) is 5.56. The lowest BCUT2D eigenvalue weighted by molar-refractivity contribution is 0.0170. The van der Waals surface area contributed by atoms with Gasteiger partial charge < -0.3 is 20.1 Å². The molecule has 2 aromatic heterocycles. The largest absolute Gasteiger partial charge is 0.497 e. The van der Waals surface area contributed by atoms with Gasteiger partial charge in [-0.1, -0.05) is 18.2 Å². The number of fused-ring (bicyclic) bond motifs is 1. The standard InChI is InChI=1S/C23H31N7O2/c1-3-24-23(26-17-22-28-27-21-6-4-5-11-30(21)22)25-16-20(29-12-14-32-15-13-29)18-7-9-19(31-2)10-8-18/h4-11,20H,3,12-17H2,1-2H3,(H2,24,25,26). The number of nitrogens with zero attached hydrogens (tertiary/aromatic N) is 5. The van der Waals surface area contributed by atoms with Crippen LogP contribution in [0.2, 0.25) is 0 Å². The molecule has 0 amide bonds. The van der Waals surface area contributed by atoms with Gasteiger partial charge in [0.05, 0.1) is 26.4 Å². The minimum Gasteiger partial charge on any atom is -0.497 e. The number of nitrogens with one attached hydrogen (secondary N) is 2. The molecule has 3 heterocycles. The first kappa shape index (κ1) is 22.0.